The van der Waals surface area contributed by atoms with Gasteiger partial charge in [-0.05, 0) is 95.3 Å². The Balaban J connectivity index is 1.21. The Morgan fingerprint density at radius 3 is 1.44 bits per heavy atom. The minimum atomic E-state index is 1.13. The zero-order chi connectivity index (χ0) is 32.0. The summed E-state index contributed by atoms with van der Waals surface area (Å²) in [4.78, 5) is 0. The molecule has 0 N–H and O–H groups in total. The van der Waals surface area contributed by atoms with Crippen molar-refractivity contribution in [2.75, 3.05) is 0 Å². The minimum Gasteiger partial charge on any atom is -0.309 e. The van der Waals surface area contributed by atoms with Crippen LogP contribution in [0.5, 0.6) is 0 Å². The van der Waals surface area contributed by atoms with Gasteiger partial charge in [0.15, 0.2) is 0 Å². The molecule has 9 aromatic rings. The number of hydrogen-bond donors (Lipinski definition) is 0. The number of hydrogen-bond acceptors (Lipinski definition) is 0. The molecule has 0 aliphatic rings. The van der Waals surface area contributed by atoms with E-state index in [0.29, 0.717) is 0 Å². The van der Waals surface area contributed by atoms with Crippen molar-refractivity contribution in [1.29, 1.82) is 0 Å². The molecule has 0 unspecified atom stereocenters. The average Bonchev–Trinajstić information content (AvgIpc) is 3.67. The fourth-order valence-corrected chi connectivity index (χ4v) is 7.58. The van der Waals surface area contributed by atoms with Crippen LogP contribution >= 0.6 is 0 Å². The summed E-state index contributed by atoms with van der Waals surface area (Å²) in [6.45, 7) is 2.26. The Kier molecular flexibility index (Phi) is 6.94. The first-order chi connectivity index (χ1) is 23.8. The first kappa shape index (κ1) is 28.4. The topological polar surface area (TPSA) is 9.86 Å². The number of para-hydroxylation sites is 2. The van der Waals surface area contributed by atoms with Crippen LogP contribution in [0.15, 0.2) is 164 Å². The third kappa shape index (κ3) is 4.64. The molecule has 48 heavy (non-hydrogen) atoms. The molecule has 9 rings (SSSR count). The first-order valence-electron chi connectivity index (χ1n) is 17.1. The largest absolute Gasteiger partial charge is 0.309 e. The number of fused-ring (bicyclic) bond motifs is 7. The number of unbranched alkanes of at least 4 members (excludes halogenated alkanes) is 1. The van der Waals surface area contributed by atoms with E-state index in [9.17, 15) is 0 Å². The molecule has 2 aromatic heterocycles. The molecule has 0 aliphatic carbocycles. The van der Waals surface area contributed by atoms with E-state index in [-0.39, 0.29) is 0 Å². The summed E-state index contributed by atoms with van der Waals surface area (Å²) >= 11 is 0. The summed E-state index contributed by atoms with van der Waals surface area (Å²) in [5.74, 6) is 0. The summed E-state index contributed by atoms with van der Waals surface area (Å²) in [6, 6.07) is 60.1. The summed E-state index contributed by atoms with van der Waals surface area (Å²) in [5.41, 5.74) is 13.6. The molecule has 2 heteroatoms. The highest BCUT2D eigenvalue weighted by molar-refractivity contribution is 6.28. The molecule has 0 atom stereocenters. The molecule has 0 saturated heterocycles. The smallest absolute Gasteiger partial charge is 0.0548 e. The Morgan fingerprint density at radius 1 is 0.396 bits per heavy atom. The van der Waals surface area contributed by atoms with Crippen LogP contribution in [0, 0.1) is 0 Å². The van der Waals surface area contributed by atoms with Crippen molar-refractivity contribution in [3.05, 3.63) is 169 Å². The van der Waals surface area contributed by atoms with Crippen molar-refractivity contribution in [3.8, 4) is 33.6 Å². The van der Waals surface area contributed by atoms with E-state index in [1.54, 1.807) is 0 Å². The molecule has 0 aliphatic heterocycles. The van der Waals surface area contributed by atoms with Crippen molar-refractivity contribution < 1.29 is 0 Å². The summed E-state index contributed by atoms with van der Waals surface area (Å²) in [6.07, 6.45) is 3.57. The Morgan fingerprint density at radius 2 is 0.875 bits per heavy atom. The molecule has 0 bridgehead atoms. The number of nitrogens with zero attached hydrogens (tertiary/aromatic N) is 2. The number of aromatic nitrogens is 2. The Hall–Kier alpha value is -5.86. The highest BCUT2D eigenvalue weighted by atomic mass is 15.0. The van der Waals surface area contributed by atoms with E-state index in [0.717, 1.165) is 12.1 Å². The monoisotopic (exact) mass is 616 g/mol. The van der Waals surface area contributed by atoms with Gasteiger partial charge >= 0.3 is 0 Å². The van der Waals surface area contributed by atoms with Gasteiger partial charge in [-0.15, -0.1) is 0 Å². The van der Waals surface area contributed by atoms with Gasteiger partial charge in [0.05, 0.1) is 22.1 Å². The van der Waals surface area contributed by atoms with Gasteiger partial charge in [-0.2, -0.15) is 0 Å². The van der Waals surface area contributed by atoms with E-state index in [2.05, 4.69) is 180 Å². The summed E-state index contributed by atoms with van der Waals surface area (Å²) < 4.78 is 4.88. The van der Waals surface area contributed by atoms with E-state index in [1.165, 1.54) is 90.0 Å². The van der Waals surface area contributed by atoms with Crippen LogP contribution in [0.2, 0.25) is 0 Å². The van der Waals surface area contributed by atoms with Crippen LogP contribution in [0.3, 0.4) is 0 Å². The number of benzene rings is 7. The first-order valence-corrected chi connectivity index (χ1v) is 17.1. The maximum atomic E-state index is 2.44. The van der Waals surface area contributed by atoms with Crippen molar-refractivity contribution in [2.24, 2.45) is 0 Å². The van der Waals surface area contributed by atoms with Crippen molar-refractivity contribution >= 4 is 43.6 Å². The maximum absolute atomic E-state index is 2.44. The fraction of sp³-hybridized carbons (Fsp3) is 0.0870. The lowest BCUT2D eigenvalue weighted by molar-refractivity contribution is 0.795. The zero-order valence-corrected chi connectivity index (χ0v) is 27.1. The van der Waals surface area contributed by atoms with Crippen LogP contribution in [0.1, 0.15) is 25.3 Å². The van der Waals surface area contributed by atoms with E-state index in [1.807, 2.05) is 0 Å². The normalized spacial score (nSPS) is 11.7. The lowest BCUT2D eigenvalue weighted by Crippen LogP contribution is -1.95. The standard InChI is InChI=1S/C46H36N2/c1-2-3-12-32-21-25-37(26-22-32)47-41-19-9-7-17-39(41)45-43(47)29-30-44-46(45)40-18-8-10-20-42(40)48(44)38-27-23-34(24-28-38)36-16-11-15-35(31-36)33-13-5-4-6-14-33/h4-11,13-31H,2-3,12H2,1H3. The second kappa shape index (κ2) is 11.7. The summed E-state index contributed by atoms with van der Waals surface area (Å²) in [7, 11) is 0. The summed E-state index contributed by atoms with van der Waals surface area (Å²) in [5, 5.41) is 5.17. The molecule has 2 heterocycles. The molecule has 230 valence electrons. The lowest BCUT2D eigenvalue weighted by Gasteiger charge is -2.11. The van der Waals surface area contributed by atoms with Gasteiger partial charge in [-0.3, -0.25) is 0 Å². The van der Waals surface area contributed by atoms with Gasteiger partial charge in [0.25, 0.3) is 0 Å². The van der Waals surface area contributed by atoms with Crippen molar-refractivity contribution in [1.82, 2.24) is 9.13 Å². The Labute approximate surface area is 281 Å². The maximum Gasteiger partial charge on any atom is 0.0548 e. The SMILES string of the molecule is CCCCc1ccc(-n2c3ccccc3c3c4c5ccccc5n(-c5ccc(-c6cccc(-c7ccccc7)c6)cc5)c4ccc32)cc1. The fourth-order valence-electron chi connectivity index (χ4n) is 7.58. The van der Waals surface area contributed by atoms with Crippen LogP contribution in [-0.4, -0.2) is 9.13 Å². The minimum absolute atomic E-state index is 1.13. The molecule has 0 saturated carbocycles. The number of aryl methyl sites for hydroxylation is 1. The van der Waals surface area contributed by atoms with Crippen LogP contribution in [0.4, 0.5) is 0 Å². The zero-order valence-electron chi connectivity index (χ0n) is 27.1. The molecule has 7 aromatic carbocycles. The molecule has 0 amide bonds. The quantitative estimate of drug-likeness (QED) is 0.169. The third-order valence-corrected chi connectivity index (χ3v) is 9.91. The predicted molar refractivity (Wildman–Crippen MR) is 205 cm³/mol. The van der Waals surface area contributed by atoms with Crippen molar-refractivity contribution in [3.63, 3.8) is 0 Å². The van der Waals surface area contributed by atoms with E-state index in [4.69, 9.17) is 0 Å². The van der Waals surface area contributed by atoms with Gasteiger partial charge in [-0.1, -0.05) is 123 Å². The second-order valence-electron chi connectivity index (χ2n) is 12.8. The molecular formula is C46H36N2. The lowest BCUT2D eigenvalue weighted by atomic mass is 9.99. The molecule has 0 fully saturated rings. The van der Waals surface area contributed by atoms with Crippen LogP contribution in [-0.2, 0) is 6.42 Å². The van der Waals surface area contributed by atoms with E-state index < -0.39 is 0 Å². The van der Waals surface area contributed by atoms with Crippen molar-refractivity contribution in [2.45, 2.75) is 26.2 Å². The predicted octanol–water partition coefficient (Wildman–Crippen LogP) is 12.6. The molecule has 0 spiro atoms. The van der Waals surface area contributed by atoms with Gasteiger partial charge in [0.2, 0.25) is 0 Å². The van der Waals surface area contributed by atoms with Crippen LogP contribution < -0.4 is 0 Å². The van der Waals surface area contributed by atoms with Gasteiger partial charge in [-0.25, -0.2) is 0 Å². The second-order valence-corrected chi connectivity index (χ2v) is 12.8. The van der Waals surface area contributed by atoms with Gasteiger partial charge in [0, 0.05) is 32.9 Å². The average molecular weight is 617 g/mol. The molecule has 0 radical (unpaired) electrons. The van der Waals surface area contributed by atoms with E-state index >= 15 is 0 Å². The van der Waals surface area contributed by atoms with Gasteiger partial charge in [0.1, 0.15) is 0 Å². The third-order valence-electron chi connectivity index (χ3n) is 9.91. The molecular weight excluding hydrogens is 581 g/mol. The molecule has 2 nitrogen and oxygen atoms in total. The Bertz CT molecular complexity index is 2570. The number of rotatable bonds is 7. The highest BCUT2D eigenvalue weighted by Crippen LogP contribution is 2.42. The van der Waals surface area contributed by atoms with Gasteiger partial charge < -0.3 is 9.13 Å². The highest BCUT2D eigenvalue weighted by Gasteiger charge is 2.20. The van der Waals surface area contributed by atoms with Crippen LogP contribution in [0.25, 0.3) is 77.2 Å².